The van der Waals surface area contributed by atoms with Crippen LogP contribution in [-0.2, 0) is 11.3 Å². The van der Waals surface area contributed by atoms with E-state index in [1.54, 1.807) is 12.0 Å². The molecule has 1 fully saturated rings. The fourth-order valence-corrected chi connectivity index (χ4v) is 4.59. The van der Waals surface area contributed by atoms with Gasteiger partial charge in [-0.2, -0.15) is 0 Å². The average Bonchev–Trinajstić information content (AvgIpc) is 2.94. The van der Waals surface area contributed by atoms with Crippen molar-refractivity contribution in [3.05, 3.63) is 62.6 Å². The Morgan fingerprint density at radius 3 is 2.70 bits per heavy atom. The largest absolute Gasteiger partial charge is 0.503 e. The third kappa shape index (κ3) is 3.78. The van der Waals surface area contributed by atoms with Crippen LogP contribution in [0.1, 0.15) is 57.8 Å². The molecule has 2 N–H and O–H groups in total. The molecule has 0 spiro atoms. The van der Waals surface area contributed by atoms with Crippen LogP contribution in [0.2, 0.25) is 0 Å². The molecular weight excluding hydrogens is 436 g/mol. The zero-order valence-electron chi connectivity index (χ0n) is 18.5. The summed E-state index contributed by atoms with van der Waals surface area (Å²) in [5.41, 5.74) is -1.69. The van der Waals surface area contributed by atoms with Crippen molar-refractivity contribution in [1.82, 2.24) is 14.8 Å². The number of rotatable bonds is 4. The highest BCUT2D eigenvalue weighted by molar-refractivity contribution is 5.99. The average molecular weight is 461 g/mol. The lowest BCUT2D eigenvalue weighted by atomic mass is 10.0. The van der Waals surface area contributed by atoms with Gasteiger partial charge in [-0.15, -0.1) is 0 Å². The van der Waals surface area contributed by atoms with E-state index in [2.05, 4.69) is 5.32 Å². The van der Waals surface area contributed by atoms with Crippen molar-refractivity contribution in [1.29, 1.82) is 0 Å². The Balaban J connectivity index is 1.71. The quantitative estimate of drug-likeness (QED) is 0.728. The maximum atomic E-state index is 14.3. The Morgan fingerprint density at radius 2 is 2.00 bits per heavy atom. The van der Waals surface area contributed by atoms with Gasteiger partial charge in [0.15, 0.2) is 11.4 Å². The van der Waals surface area contributed by atoms with Crippen molar-refractivity contribution in [2.45, 2.75) is 51.4 Å². The second kappa shape index (κ2) is 8.58. The van der Waals surface area contributed by atoms with Crippen LogP contribution in [-0.4, -0.2) is 52.2 Å². The third-order valence-corrected chi connectivity index (χ3v) is 6.63. The molecular formula is C23H25F2N3O5. The SMILES string of the molecule is CO[C@H]1CC[C@H](C)N2C[C@H]1n1cc(C(=O)NCc3ccc(F)c(C)c3F)c(=O)c(O)c1C2=O. The number of fused-ring (bicyclic) bond motifs is 4. The minimum Gasteiger partial charge on any atom is -0.503 e. The second-order valence-electron chi connectivity index (χ2n) is 8.53. The Bertz CT molecular complexity index is 1200. The van der Waals surface area contributed by atoms with E-state index in [1.165, 1.54) is 23.8 Å². The van der Waals surface area contributed by atoms with Crippen LogP contribution < -0.4 is 10.7 Å². The molecule has 10 heteroatoms. The van der Waals surface area contributed by atoms with E-state index in [4.69, 9.17) is 4.74 Å². The van der Waals surface area contributed by atoms with Gasteiger partial charge >= 0.3 is 0 Å². The van der Waals surface area contributed by atoms with Gasteiger partial charge in [0.05, 0.1) is 12.1 Å². The highest BCUT2D eigenvalue weighted by Crippen LogP contribution is 2.35. The van der Waals surface area contributed by atoms with Crippen LogP contribution in [0.5, 0.6) is 5.75 Å². The van der Waals surface area contributed by atoms with E-state index in [9.17, 15) is 28.3 Å². The van der Waals surface area contributed by atoms with Crippen LogP contribution in [0.25, 0.3) is 0 Å². The van der Waals surface area contributed by atoms with Gasteiger partial charge in [0, 0.05) is 43.6 Å². The van der Waals surface area contributed by atoms with Crippen molar-refractivity contribution in [2.75, 3.05) is 13.7 Å². The van der Waals surface area contributed by atoms with Gasteiger partial charge in [0.25, 0.3) is 11.8 Å². The monoisotopic (exact) mass is 461 g/mol. The van der Waals surface area contributed by atoms with Crippen LogP contribution in [0.15, 0.2) is 23.1 Å². The van der Waals surface area contributed by atoms with Crippen molar-refractivity contribution < 1.29 is 28.2 Å². The van der Waals surface area contributed by atoms with Gasteiger partial charge in [-0.05, 0) is 32.8 Å². The smallest absolute Gasteiger partial charge is 0.274 e. The number of carbonyl (C=O) groups is 2. The zero-order valence-corrected chi connectivity index (χ0v) is 18.5. The highest BCUT2D eigenvalue weighted by Gasteiger charge is 2.42. The molecule has 2 aromatic rings. The summed E-state index contributed by atoms with van der Waals surface area (Å²) in [6.45, 7) is 3.21. The fourth-order valence-electron chi connectivity index (χ4n) is 4.59. The summed E-state index contributed by atoms with van der Waals surface area (Å²) in [4.78, 5) is 40.2. The summed E-state index contributed by atoms with van der Waals surface area (Å²) < 4.78 is 34.8. The van der Waals surface area contributed by atoms with Crippen LogP contribution in [0.3, 0.4) is 0 Å². The topological polar surface area (TPSA) is 101 Å². The van der Waals surface area contributed by atoms with Gasteiger partial charge in [-0.1, -0.05) is 6.07 Å². The first-order chi connectivity index (χ1) is 15.6. The Kier molecular flexibility index (Phi) is 5.96. The molecule has 4 rings (SSSR count). The molecule has 2 aliphatic rings. The summed E-state index contributed by atoms with van der Waals surface area (Å²) in [6.07, 6.45) is 2.30. The number of ether oxygens (including phenoxy) is 1. The lowest BCUT2D eigenvalue weighted by molar-refractivity contribution is 0.0330. The molecule has 8 nitrogen and oxygen atoms in total. The number of carbonyl (C=O) groups excluding carboxylic acids is 2. The van der Waals surface area contributed by atoms with Crippen molar-refractivity contribution >= 4 is 11.8 Å². The number of nitrogens with zero attached hydrogens (tertiary/aromatic N) is 2. The van der Waals surface area contributed by atoms with Crippen molar-refractivity contribution in [3.63, 3.8) is 0 Å². The molecule has 2 bridgehead atoms. The summed E-state index contributed by atoms with van der Waals surface area (Å²) in [7, 11) is 1.55. The summed E-state index contributed by atoms with van der Waals surface area (Å²) >= 11 is 0. The van der Waals surface area contributed by atoms with E-state index in [1.807, 2.05) is 6.92 Å². The molecule has 0 saturated carbocycles. The molecule has 1 aromatic carbocycles. The van der Waals surface area contributed by atoms with E-state index in [-0.39, 0.29) is 41.1 Å². The number of hydrogen-bond acceptors (Lipinski definition) is 5. The van der Waals surface area contributed by atoms with E-state index in [0.29, 0.717) is 19.4 Å². The van der Waals surface area contributed by atoms with Gasteiger partial charge < -0.3 is 24.6 Å². The van der Waals surface area contributed by atoms with Crippen LogP contribution >= 0.6 is 0 Å². The van der Waals surface area contributed by atoms with E-state index >= 15 is 0 Å². The van der Waals surface area contributed by atoms with E-state index in [0.717, 1.165) is 6.07 Å². The highest BCUT2D eigenvalue weighted by atomic mass is 19.1. The van der Waals surface area contributed by atoms with E-state index < -0.39 is 40.7 Å². The molecule has 176 valence electrons. The molecule has 1 aromatic heterocycles. The van der Waals surface area contributed by atoms with Gasteiger partial charge in [-0.25, -0.2) is 8.78 Å². The number of aromatic nitrogens is 1. The van der Waals surface area contributed by atoms with Crippen LogP contribution in [0, 0.1) is 18.6 Å². The number of aromatic hydroxyl groups is 1. The maximum absolute atomic E-state index is 14.3. The first-order valence-corrected chi connectivity index (χ1v) is 10.7. The van der Waals surface area contributed by atoms with Crippen molar-refractivity contribution in [3.8, 4) is 5.75 Å². The van der Waals surface area contributed by atoms with Gasteiger partial charge in [0.2, 0.25) is 5.43 Å². The summed E-state index contributed by atoms with van der Waals surface area (Å²) in [6, 6.07) is 1.80. The molecule has 0 unspecified atom stereocenters. The normalized spacial score (nSPS) is 22.0. The maximum Gasteiger partial charge on any atom is 0.274 e. The lowest BCUT2D eigenvalue weighted by Gasteiger charge is -2.38. The van der Waals surface area contributed by atoms with Gasteiger partial charge in [-0.3, -0.25) is 14.4 Å². The molecule has 2 amide bonds. The first-order valence-electron chi connectivity index (χ1n) is 10.7. The van der Waals surface area contributed by atoms with Crippen molar-refractivity contribution in [2.24, 2.45) is 0 Å². The number of nitrogens with one attached hydrogen (secondary N) is 1. The third-order valence-electron chi connectivity index (χ3n) is 6.63. The van der Waals surface area contributed by atoms with Gasteiger partial charge in [0.1, 0.15) is 17.2 Å². The molecule has 1 saturated heterocycles. The fraction of sp³-hybridized carbons (Fsp3) is 0.435. The molecule has 2 aliphatic heterocycles. The molecule has 3 atom stereocenters. The zero-order chi connectivity index (χ0) is 24.0. The molecule has 33 heavy (non-hydrogen) atoms. The number of halogens is 2. The number of hydrogen-bond donors (Lipinski definition) is 2. The number of amides is 2. The summed E-state index contributed by atoms with van der Waals surface area (Å²) in [5, 5.41) is 13.1. The minimum atomic E-state index is -0.996. The Morgan fingerprint density at radius 1 is 1.27 bits per heavy atom. The second-order valence-corrected chi connectivity index (χ2v) is 8.53. The minimum absolute atomic E-state index is 0.0487. The number of pyridine rings is 1. The Labute approximate surface area is 188 Å². The standard InChI is InChI=1S/C23H25F2N3O5/c1-11-4-7-17(33-3)16-10-27(11)23(32)19-21(30)20(29)14(9-28(16)19)22(31)26-8-13-5-6-15(24)12(2)18(13)25/h5-6,9,11,16-17,30H,4,7-8,10H2,1-3H3,(H,26,31)/t11-,16+,17-/m0/s1. The first kappa shape index (κ1) is 22.9. The molecule has 3 heterocycles. The number of methoxy groups -OCH3 is 1. The predicted molar refractivity (Wildman–Crippen MR) is 114 cm³/mol. The lowest BCUT2D eigenvalue weighted by Crippen LogP contribution is -2.49. The predicted octanol–water partition coefficient (Wildman–Crippen LogP) is 2.26. The molecule has 0 radical (unpaired) electrons. The number of benzene rings is 1. The van der Waals surface area contributed by atoms with Crippen LogP contribution in [0.4, 0.5) is 8.78 Å². The Hall–Kier alpha value is -3.27. The summed E-state index contributed by atoms with van der Waals surface area (Å²) in [5.74, 6) is -3.64. The molecule has 0 aliphatic carbocycles.